The fraction of sp³-hybridized carbons (Fsp3) is 0.333. The Morgan fingerprint density at radius 2 is 1.39 bits per heavy atom. The summed E-state index contributed by atoms with van der Waals surface area (Å²) in [6.07, 6.45) is 0. The molecule has 0 bridgehead atoms. The molecule has 0 aliphatic heterocycles. The smallest absolute Gasteiger partial charge is 0.304 e. The van der Waals surface area contributed by atoms with Crippen LogP contribution in [0.1, 0.15) is 20.8 Å². The minimum atomic E-state index is -2.90. The molecule has 0 heterocycles. The van der Waals surface area contributed by atoms with E-state index in [0.717, 1.165) is 21.3 Å². The second-order valence-electron chi connectivity index (χ2n) is 4.90. The highest BCUT2D eigenvalue weighted by atomic mass is 33.1. The second kappa shape index (κ2) is 8.43. The van der Waals surface area contributed by atoms with Gasteiger partial charge >= 0.3 is 5.77 Å². The van der Waals surface area contributed by atoms with Gasteiger partial charge in [-0.1, -0.05) is 61.6 Å². The van der Waals surface area contributed by atoms with E-state index in [4.69, 9.17) is 4.52 Å². The Morgan fingerprint density at radius 1 is 0.913 bits per heavy atom. The van der Waals surface area contributed by atoms with Gasteiger partial charge in [0.15, 0.2) is 0 Å². The normalized spacial score (nSPS) is 15.1. The summed E-state index contributed by atoms with van der Waals surface area (Å²) in [5.74, 6) is -1.31. The van der Waals surface area contributed by atoms with Crippen molar-refractivity contribution in [2.45, 2.75) is 30.6 Å². The summed E-state index contributed by atoms with van der Waals surface area (Å²) >= 11 is 1.49. The highest BCUT2D eigenvalue weighted by molar-refractivity contribution is 9.00. The molecule has 2 nitrogen and oxygen atoms in total. The molecule has 23 heavy (non-hydrogen) atoms. The lowest BCUT2D eigenvalue weighted by Crippen LogP contribution is -2.07. The van der Waals surface area contributed by atoms with Crippen molar-refractivity contribution in [3.8, 4) is 0 Å². The highest BCUT2D eigenvalue weighted by Crippen LogP contribution is 2.93. The van der Waals surface area contributed by atoms with Crippen molar-refractivity contribution in [1.82, 2.24) is 0 Å². The van der Waals surface area contributed by atoms with E-state index in [1.807, 2.05) is 50.2 Å². The van der Waals surface area contributed by atoms with Gasteiger partial charge in [-0.05, 0) is 36.9 Å². The van der Waals surface area contributed by atoms with Gasteiger partial charge in [0.2, 0.25) is 0 Å². The molecule has 0 saturated heterocycles. The summed E-state index contributed by atoms with van der Waals surface area (Å²) in [4.78, 5) is 2.29. The predicted octanol–water partition coefficient (Wildman–Crippen LogP) is 6.83. The summed E-state index contributed by atoms with van der Waals surface area (Å²) in [6, 6.07) is 20.6. The summed E-state index contributed by atoms with van der Waals surface area (Å²) < 4.78 is 20.0. The van der Waals surface area contributed by atoms with Crippen LogP contribution in [0, 0.1) is 0 Å². The summed E-state index contributed by atoms with van der Waals surface area (Å²) in [6.45, 7) is 6.58. The van der Waals surface area contributed by atoms with Crippen LogP contribution in [0.25, 0.3) is 0 Å². The first-order valence-corrected chi connectivity index (χ1v) is 13.6. The van der Waals surface area contributed by atoms with Crippen LogP contribution in [0.15, 0.2) is 70.5 Å². The van der Waals surface area contributed by atoms with E-state index in [1.54, 1.807) is 0 Å². The van der Waals surface area contributed by atoms with Gasteiger partial charge in [-0.2, -0.15) is 0 Å². The number of hydrogen-bond acceptors (Lipinski definition) is 3. The molecule has 0 radical (unpaired) electrons. The minimum Gasteiger partial charge on any atom is -0.314 e. The van der Waals surface area contributed by atoms with Crippen molar-refractivity contribution < 1.29 is 9.09 Å². The molecule has 0 N–H and O–H groups in total. The standard InChI is InChI=1S/C18H25O2PS2/c1-4-20-21(19,22-5-2)23(6-3,17-13-9-7-10-14-17)18-15-11-8-12-16-18/h7-16H,4-6H2,1-3H3. The van der Waals surface area contributed by atoms with E-state index in [1.165, 1.54) is 11.4 Å². The zero-order valence-corrected chi connectivity index (χ0v) is 16.5. The van der Waals surface area contributed by atoms with Crippen LogP contribution >= 0.6 is 26.8 Å². The molecule has 0 aliphatic rings. The van der Waals surface area contributed by atoms with Crippen LogP contribution in [-0.2, 0) is 9.09 Å². The van der Waals surface area contributed by atoms with E-state index < -0.39 is 15.4 Å². The van der Waals surface area contributed by atoms with Crippen LogP contribution in [0.3, 0.4) is 0 Å². The molecule has 5 heteroatoms. The Balaban J connectivity index is 2.75. The Kier molecular flexibility index (Phi) is 6.84. The fourth-order valence-electron chi connectivity index (χ4n) is 2.71. The highest BCUT2D eigenvalue weighted by Gasteiger charge is 2.46. The molecule has 1 unspecified atom stereocenters. The van der Waals surface area contributed by atoms with Crippen LogP contribution < -0.4 is 0 Å². The topological polar surface area (TPSA) is 26.3 Å². The van der Waals surface area contributed by atoms with E-state index >= 15 is 0 Å². The molecule has 0 spiro atoms. The van der Waals surface area contributed by atoms with Gasteiger partial charge in [-0.25, -0.2) is 0 Å². The molecule has 0 amide bonds. The fourth-order valence-corrected chi connectivity index (χ4v) is 17.9. The van der Waals surface area contributed by atoms with Crippen LogP contribution in [0.5, 0.6) is 0 Å². The Labute approximate surface area is 145 Å². The summed E-state index contributed by atoms with van der Waals surface area (Å²) in [5.41, 5.74) is 0. The van der Waals surface area contributed by atoms with Crippen LogP contribution in [0.4, 0.5) is 0 Å². The molecule has 2 rings (SSSR count). The second-order valence-corrected chi connectivity index (χ2v) is 16.0. The van der Waals surface area contributed by atoms with Crippen molar-refractivity contribution in [3.05, 3.63) is 60.7 Å². The molecular formula is C18H25O2PS2. The van der Waals surface area contributed by atoms with Gasteiger partial charge in [-0.15, -0.1) is 9.65 Å². The Hall–Kier alpha value is -0.670. The molecule has 126 valence electrons. The molecule has 0 aromatic heterocycles. The quantitative estimate of drug-likeness (QED) is 0.478. The molecule has 1 atom stereocenters. The van der Waals surface area contributed by atoms with E-state index in [-0.39, 0.29) is 0 Å². The van der Waals surface area contributed by atoms with Crippen molar-refractivity contribution in [2.75, 3.05) is 18.1 Å². The lowest BCUT2D eigenvalue weighted by Gasteiger charge is -2.44. The van der Waals surface area contributed by atoms with Crippen molar-refractivity contribution >= 4 is 26.8 Å². The van der Waals surface area contributed by atoms with Crippen molar-refractivity contribution in [1.29, 1.82) is 0 Å². The number of benzene rings is 2. The Bertz CT molecular complexity index is 597. The Morgan fingerprint density at radius 3 is 1.74 bits per heavy atom. The largest absolute Gasteiger partial charge is 0.314 e. The molecule has 2 aromatic rings. The third kappa shape index (κ3) is 3.56. The zero-order chi connectivity index (χ0) is 16.8. The third-order valence-corrected chi connectivity index (χ3v) is 18.4. The van der Waals surface area contributed by atoms with Gasteiger partial charge < -0.3 is 4.52 Å². The van der Waals surface area contributed by atoms with Crippen LogP contribution in [0.2, 0.25) is 0 Å². The van der Waals surface area contributed by atoms with E-state index in [0.29, 0.717) is 6.61 Å². The first-order valence-electron chi connectivity index (χ1n) is 7.95. The van der Waals surface area contributed by atoms with Gasteiger partial charge in [0.05, 0.1) is 6.61 Å². The average Bonchev–Trinajstić information content (AvgIpc) is 2.58. The monoisotopic (exact) mass is 368 g/mol. The van der Waals surface area contributed by atoms with Crippen LogP contribution in [-0.4, -0.2) is 18.1 Å². The molecule has 0 aliphatic carbocycles. The van der Waals surface area contributed by atoms with Gasteiger partial charge in [0, 0.05) is 15.5 Å². The number of rotatable bonds is 8. The maximum absolute atomic E-state index is 14.0. The molecule has 2 aromatic carbocycles. The summed E-state index contributed by atoms with van der Waals surface area (Å²) in [5, 5.41) is 0. The van der Waals surface area contributed by atoms with Gasteiger partial charge in [-0.3, -0.25) is 4.57 Å². The van der Waals surface area contributed by atoms with Crippen molar-refractivity contribution in [2.24, 2.45) is 0 Å². The third-order valence-electron chi connectivity index (χ3n) is 3.64. The zero-order valence-electron chi connectivity index (χ0n) is 14.0. The number of hydrogen-bond donors (Lipinski definition) is 0. The lowest BCUT2D eigenvalue weighted by molar-refractivity contribution is 0.357. The lowest BCUT2D eigenvalue weighted by atomic mass is 10.4. The minimum absolute atomic E-state index is 0.471. The molecule has 0 fully saturated rings. The first-order chi connectivity index (χ1) is 11.1. The SMILES string of the molecule is CCOP(=O)(SCC)S(CC)(c1ccccc1)c1ccccc1. The van der Waals surface area contributed by atoms with E-state index in [9.17, 15) is 4.57 Å². The summed E-state index contributed by atoms with van der Waals surface area (Å²) in [7, 11) is -1.76. The van der Waals surface area contributed by atoms with Crippen molar-refractivity contribution in [3.63, 3.8) is 0 Å². The maximum atomic E-state index is 14.0. The van der Waals surface area contributed by atoms with E-state index in [2.05, 4.69) is 31.2 Å². The van der Waals surface area contributed by atoms with Gasteiger partial charge in [0.25, 0.3) is 0 Å². The maximum Gasteiger partial charge on any atom is 0.304 e. The molecular weight excluding hydrogens is 343 g/mol. The molecule has 0 saturated carbocycles. The predicted molar refractivity (Wildman–Crippen MR) is 105 cm³/mol. The average molecular weight is 369 g/mol. The van der Waals surface area contributed by atoms with Gasteiger partial charge in [0.1, 0.15) is 0 Å². The first kappa shape index (κ1) is 18.7.